The first kappa shape index (κ1) is 13.7. The first-order chi connectivity index (χ1) is 7.99. The molecule has 1 amide bonds. The number of nitrogens with one attached hydrogen (secondary N) is 2. The highest BCUT2D eigenvalue weighted by Gasteiger charge is 2.11. The van der Waals surface area contributed by atoms with Crippen LogP contribution in [0.4, 0.5) is 0 Å². The molecule has 1 heterocycles. The summed E-state index contributed by atoms with van der Waals surface area (Å²) in [6.07, 6.45) is 2.15. The highest BCUT2D eigenvalue weighted by Crippen LogP contribution is 2.11. The molecule has 5 nitrogen and oxygen atoms in total. The van der Waals surface area contributed by atoms with Gasteiger partial charge in [-0.3, -0.25) is 4.79 Å². The molecule has 0 bridgehead atoms. The molecule has 2 N–H and O–H groups in total. The second-order valence-corrected chi connectivity index (χ2v) is 4.46. The van der Waals surface area contributed by atoms with Crippen LogP contribution in [0.5, 0.6) is 0 Å². The van der Waals surface area contributed by atoms with E-state index in [0.29, 0.717) is 18.9 Å². The van der Waals surface area contributed by atoms with E-state index >= 15 is 0 Å². The lowest BCUT2D eigenvalue weighted by Crippen LogP contribution is -2.33. The van der Waals surface area contributed by atoms with Gasteiger partial charge in [-0.05, 0) is 27.7 Å². The third kappa shape index (κ3) is 4.99. The van der Waals surface area contributed by atoms with Gasteiger partial charge in [-0.2, -0.15) is 0 Å². The van der Waals surface area contributed by atoms with E-state index in [4.69, 9.17) is 4.42 Å². The summed E-state index contributed by atoms with van der Waals surface area (Å²) in [5.41, 5.74) is 0. The van der Waals surface area contributed by atoms with Gasteiger partial charge in [0.05, 0.1) is 12.2 Å². The maximum Gasteiger partial charge on any atom is 0.221 e. The van der Waals surface area contributed by atoms with E-state index in [1.807, 2.05) is 27.7 Å². The molecule has 0 saturated carbocycles. The van der Waals surface area contributed by atoms with Gasteiger partial charge in [0.1, 0.15) is 5.76 Å². The van der Waals surface area contributed by atoms with Crippen LogP contribution in [-0.2, 0) is 4.79 Å². The van der Waals surface area contributed by atoms with Gasteiger partial charge < -0.3 is 15.1 Å². The van der Waals surface area contributed by atoms with Gasteiger partial charge >= 0.3 is 0 Å². The van der Waals surface area contributed by atoms with Crippen LogP contribution in [-0.4, -0.2) is 23.5 Å². The van der Waals surface area contributed by atoms with E-state index in [1.54, 1.807) is 6.20 Å². The lowest BCUT2D eigenvalue weighted by Gasteiger charge is -2.11. The second kappa shape index (κ2) is 6.39. The van der Waals surface area contributed by atoms with Gasteiger partial charge in [-0.25, -0.2) is 4.98 Å². The van der Waals surface area contributed by atoms with Crippen molar-refractivity contribution in [1.82, 2.24) is 15.6 Å². The molecular formula is C12H21N3O2. The Morgan fingerprint density at radius 3 is 2.71 bits per heavy atom. The molecule has 1 unspecified atom stereocenters. The quantitative estimate of drug-likeness (QED) is 0.790. The molecule has 1 aromatic heterocycles. The Morgan fingerprint density at radius 1 is 1.47 bits per heavy atom. The van der Waals surface area contributed by atoms with Gasteiger partial charge in [0.2, 0.25) is 11.8 Å². The minimum absolute atomic E-state index is 0.0237. The van der Waals surface area contributed by atoms with E-state index in [0.717, 1.165) is 5.76 Å². The van der Waals surface area contributed by atoms with E-state index in [9.17, 15) is 4.79 Å². The molecule has 0 aromatic carbocycles. The SMILES string of the molecule is Cc1cnc(C(C)NCCC(=O)NC(C)C)o1. The van der Waals surface area contributed by atoms with E-state index in [2.05, 4.69) is 15.6 Å². The number of aromatic nitrogens is 1. The summed E-state index contributed by atoms with van der Waals surface area (Å²) in [7, 11) is 0. The standard InChI is InChI=1S/C12H21N3O2/c1-8(2)15-11(16)5-6-13-10(4)12-14-7-9(3)17-12/h7-8,10,13H,5-6H2,1-4H3,(H,15,16). The third-order valence-electron chi connectivity index (χ3n) is 2.26. The van der Waals surface area contributed by atoms with Gasteiger partial charge in [0.15, 0.2) is 0 Å². The fourth-order valence-corrected chi connectivity index (χ4v) is 1.46. The highest BCUT2D eigenvalue weighted by atomic mass is 16.4. The molecule has 5 heteroatoms. The van der Waals surface area contributed by atoms with Crippen molar-refractivity contribution in [3.63, 3.8) is 0 Å². The lowest BCUT2D eigenvalue weighted by atomic mass is 10.3. The van der Waals surface area contributed by atoms with Crippen molar-refractivity contribution in [2.24, 2.45) is 0 Å². The van der Waals surface area contributed by atoms with Crippen LogP contribution in [0.15, 0.2) is 10.6 Å². The van der Waals surface area contributed by atoms with Crippen LogP contribution >= 0.6 is 0 Å². The first-order valence-corrected chi connectivity index (χ1v) is 5.94. The van der Waals surface area contributed by atoms with Crippen LogP contribution in [0.25, 0.3) is 0 Å². The number of carbonyl (C=O) groups excluding carboxylic acids is 1. The minimum atomic E-state index is 0.0237. The Bertz CT molecular complexity index is 360. The Hall–Kier alpha value is -1.36. The van der Waals surface area contributed by atoms with Crippen molar-refractivity contribution in [3.05, 3.63) is 17.8 Å². The largest absolute Gasteiger partial charge is 0.444 e. The molecule has 1 rings (SSSR count). The van der Waals surface area contributed by atoms with Gasteiger partial charge in [-0.15, -0.1) is 0 Å². The monoisotopic (exact) mass is 239 g/mol. The molecule has 0 aliphatic heterocycles. The Kier molecular flexibility index (Phi) is 5.15. The molecule has 1 atom stereocenters. The summed E-state index contributed by atoms with van der Waals surface area (Å²) in [6, 6.07) is 0.213. The lowest BCUT2D eigenvalue weighted by molar-refractivity contribution is -0.121. The molecule has 0 aliphatic carbocycles. The Balaban J connectivity index is 2.25. The van der Waals surface area contributed by atoms with Crippen molar-refractivity contribution in [1.29, 1.82) is 0 Å². The molecule has 0 saturated heterocycles. The summed E-state index contributed by atoms with van der Waals surface area (Å²) in [5, 5.41) is 6.04. The fraction of sp³-hybridized carbons (Fsp3) is 0.667. The number of oxazole rings is 1. The predicted octanol–water partition coefficient (Wildman–Crippen LogP) is 1.55. The van der Waals surface area contributed by atoms with Crippen molar-refractivity contribution in [2.75, 3.05) is 6.54 Å². The zero-order chi connectivity index (χ0) is 12.8. The summed E-state index contributed by atoms with van der Waals surface area (Å²) in [4.78, 5) is 15.5. The molecule has 0 radical (unpaired) electrons. The Morgan fingerprint density at radius 2 is 2.18 bits per heavy atom. The maximum atomic E-state index is 11.4. The summed E-state index contributed by atoms with van der Waals surface area (Å²) in [5.74, 6) is 1.52. The smallest absolute Gasteiger partial charge is 0.221 e. The van der Waals surface area contributed by atoms with Crippen LogP contribution < -0.4 is 10.6 Å². The topological polar surface area (TPSA) is 67.2 Å². The van der Waals surface area contributed by atoms with Gasteiger partial charge in [-0.1, -0.05) is 0 Å². The number of aryl methyl sites for hydroxylation is 1. The van der Waals surface area contributed by atoms with E-state index < -0.39 is 0 Å². The van der Waals surface area contributed by atoms with Crippen LogP contribution in [0.2, 0.25) is 0 Å². The number of hydrogen-bond acceptors (Lipinski definition) is 4. The summed E-state index contributed by atoms with van der Waals surface area (Å²) in [6.45, 7) is 8.33. The first-order valence-electron chi connectivity index (χ1n) is 5.94. The molecule has 0 spiro atoms. The van der Waals surface area contributed by atoms with Crippen molar-refractivity contribution >= 4 is 5.91 Å². The fourth-order valence-electron chi connectivity index (χ4n) is 1.46. The zero-order valence-electron chi connectivity index (χ0n) is 10.9. The summed E-state index contributed by atoms with van der Waals surface area (Å²) >= 11 is 0. The number of hydrogen-bond donors (Lipinski definition) is 2. The highest BCUT2D eigenvalue weighted by molar-refractivity contribution is 5.76. The molecular weight excluding hydrogens is 218 g/mol. The van der Waals surface area contributed by atoms with Crippen molar-refractivity contribution < 1.29 is 9.21 Å². The maximum absolute atomic E-state index is 11.4. The molecule has 1 aromatic rings. The third-order valence-corrected chi connectivity index (χ3v) is 2.26. The zero-order valence-corrected chi connectivity index (χ0v) is 10.9. The molecule has 17 heavy (non-hydrogen) atoms. The van der Waals surface area contributed by atoms with Crippen LogP contribution in [0.3, 0.4) is 0 Å². The number of carbonyl (C=O) groups is 1. The van der Waals surface area contributed by atoms with Gasteiger partial charge in [0.25, 0.3) is 0 Å². The Labute approximate surface area is 102 Å². The normalized spacial score (nSPS) is 12.8. The number of nitrogens with zero attached hydrogens (tertiary/aromatic N) is 1. The van der Waals surface area contributed by atoms with Crippen LogP contribution in [0.1, 0.15) is 44.9 Å². The number of rotatable bonds is 6. The van der Waals surface area contributed by atoms with Gasteiger partial charge in [0, 0.05) is 19.0 Å². The summed E-state index contributed by atoms with van der Waals surface area (Å²) < 4.78 is 5.39. The minimum Gasteiger partial charge on any atom is -0.444 e. The molecule has 96 valence electrons. The molecule has 0 aliphatic rings. The average molecular weight is 239 g/mol. The molecule has 0 fully saturated rings. The van der Waals surface area contributed by atoms with Crippen molar-refractivity contribution in [3.8, 4) is 0 Å². The van der Waals surface area contributed by atoms with Crippen molar-refractivity contribution in [2.45, 2.75) is 46.2 Å². The second-order valence-electron chi connectivity index (χ2n) is 4.46. The predicted molar refractivity (Wildman–Crippen MR) is 65.6 cm³/mol. The van der Waals surface area contributed by atoms with Crippen LogP contribution in [0, 0.1) is 6.92 Å². The van der Waals surface area contributed by atoms with E-state index in [-0.39, 0.29) is 18.0 Å². The average Bonchev–Trinajstić information content (AvgIpc) is 2.63. The van der Waals surface area contributed by atoms with E-state index in [1.165, 1.54) is 0 Å². The number of amides is 1.